The molecule has 0 bridgehead atoms. The van der Waals surface area contributed by atoms with E-state index in [-0.39, 0.29) is 18.6 Å². The summed E-state index contributed by atoms with van der Waals surface area (Å²) in [5.41, 5.74) is 4.39. The average molecular weight is 392 g/mol. The Labute approximate surface area is 171 Å². The molecule has 2 aromatic carbocycles. The van der Waals surface area contributed by atoms with Crippen LogP contribution < -0.4 is 4.74 Å². The second-order valence-corrected chi connectivity index (χ2v) is 8.09. The quantitative estimate of drug-likeness (QED) is 0.690. The Bertz CT molecular complexity index is 1020. The zero-order chi connectivity index (χ0) is 20.5. The molecule has 0 saturated heterocycles. The minimum Gasteiger partial charge on any atom is -0.481 e. The van der Waals surface area contributed by atoms with E-state index in [1.807, 2.05) is 42.5 Å². The predicted molar refractivity (Wildman–Crippen MR) is 114 cm³/mol. The molecule has 0 radical (unpaired) electrons. The molecule has 1 aliphatic heterocycles. The number of aromatic nitrogens is 1. The van der Waals surface area contributed by atoms with Gasteiger partial charge in [0, 0.05) is 16.6 Å². The number of hydrogen-bond acceptors (Lipinski definition) is 3. The first-order chi connectivity index (χ1) is 14.0. The number of para-hydroxylation sites is 2. The van der Waals surface area contributed by atoms with Gasteiger partial charge < -0.3 is 19.7 Å². The molecule has 2 unspecified atom stereocenters. The van der Waals surface area contributed by atoms with Crippen LogP contribution in [0.3, 0.4) is 0 Å². The summed E-state index contributed by atoms with van der Waals surface area (Å²) in [6, 6.07) is 15.8. The zero-order valence-electron chi connectivity index (χ0n) is 17.2. The Hall–Kier alpha value is -2.79. The molecule has 2 atom stereocenters. The maximum atomic E-state index is 13.3. The Kier molecular flexibility index (Phi) is 5.33. The SMILES string of the molecule is CC(Oc1ccccc1C(C)C)C(=O)N1Cc2[nH]c3ccccc3c2CC1CO. The summed E-state index contributed by atoms with van der Waals surface area (Å²) < 4.78 is 6.08. The fourth-order valence-corrected chi connectivity index (χ4v) is 4.23. The summed E-state index contributed by atoms with van der Waals surface area (Å²) in [6.45, 7) is 6.39. The van der Waals surface area contributed by atoms with Gasteiger partial charge in [-0.1, -0.05) is 50.2 Å². The van der Waals surface area contributed by atoms with Gasteiger partial charge in [-0.3, -0.25) is 4.79 Å². The van der Waals surface area contributed by atoms with Gasteiger partial charge >= 0.3 is 0 Å². The first-order valence-electron chi connectivity index (χ1n) is 10.2. The van der Waals surface area contributed by atoms with Crippen LogP contribution in [-0.4, -0.2) is 39.7 Å². The molecule has 4 rings (SSSR count). The Morgan fingerprint density at radius 1 is 1.17 bits per heavy atom. The lowest BCUT2D eigenvalue weighted by Gasteiger charge is -2.36. The molecule has 0 aliphatic carbocycles. The predicted octanol–water partition coefficient (Wildman–Crippen LogP) is 4.00. The van der Waals surface area contributed by atoms with Crippen LogP contribution in [0.4, 0.5) is 0 Å². The number of carbonyl (C=O) groups excluding carboxylic acids is 1. The van der Waals surface area contributed by atoms with Crippen molar-refractivity contribution in [3.8, 4) is 5.75 Å². The van der Waals surface area contributed by atoms with Gasteiger partial charge in [0.1, 0.15) is 5.75 Å². The normalized spacial score (nSPS) is 17.4. The molecule has 1 aromatic heterocycles. The van der Waals surface area contributed by atoms with Crippen molar-refractivity contribution in [3.05, 3.63) is 65.4 Å². The third-order valence-electron chi connectivity index (χ3n) is 5.80. The second kappa shape index (κ2) is 7.91. The number of aromatic amines is 1. The highest BCUT2D eigenvalue weighted by Gasteiger charge is 2.34. The molecule has 3 aromatic rings. The van der Waals surface area contributed by atoms with Gasteiger partial charge in [0.25, 0.3) is 5.91 Å². The molecule has 2 N–H and O–H groups in total. The molecular formula is C24H28N2O3. The van der Waals surface area contributed by atoms with E-state index in [1.165, 1.54) is 10.9 Å². The maximum absolute atomic E-state index is 13.3. The van der Waals surface area contributed by atoms with Crippen LogP contribution in [-0.2, 0) is 17.8 Å². The van der Waals surface area contributed by atoms with E-state index >= 15 is 0 Å². The molecule has 5 nitrogen and oxygen atoms in total. The van der Waals surface area contributed by atoms with E-state index < -0.39 is 6.10 Å². The summed E-state index contributed by atoms with van der Waals surface area (Å²) in [6.07, 6.45) is 0.00606. The van der Waals surface area contributed by atoms with Gasteiger partial charge in [-0.25, -0.2) is 0 Å². The standard InChI is InChI=1S/C24H28N2O3/c1-15(2)18-8-5-7-11-23(18)29-16(3)24(28)26-13-22-20(12-17(26)14-27)19-9-4-6-10-21(19)25-22/h4-11,15-17,25,27H,12-14H2,1-3H3. The molecule has 0 saturated carbocycles. The molecule has 29 heavy (non-hydrogen) atoms. The second-order valence-electron chi connectivity index (χ2n) is 8.09. The molecule has 1 aliphatic rings. The highest BCUT2D eigenvalue weighted by atomic mass is 16.5. The van der Waals surface area contributed by atoms with E-state index in [9.17, 15) is 9.90 Å². The van der Waals surface area contributed by atoms with Crippen LogP contribution in [0.25, 0.3) is 10.9 Å². The van der Waals surface area contributed by atoms with E-state index in [0.29, 0.717) is 18.9 Å². The minimum absolute atomic E-state index is 0.0695. The Balaban J connectivity index is 1.58. The van der Waals surface area contributed by atoms with Crippen molar-refractivity contribution in [2.24, 2.45) is 0 Å². The number of aliphatic hydroxyl groups is 1. The fourth-order valence-electron chi connectivity index (χ4n) is 4.23. The Morgan fingerprint density at radius 3 is 2.66 bits per heavy atom. The van der Waals surface area contributed by atoms with Crippen molar-refractivity contribution < 1.29 is 14.6 Å². The molecular weight excluding hydrogens is 364 g/mol. The highest BCUT2D eigenvalue weighted by Crippen LogP contribution is 2.31. The lowest BCUT2D eigenvalue weighted by molar-refractivity contribution is -0.142. The Morgan fingerprint density at radius 2 is 1.90 bits per heavy atom. The number of hydrogen-bond donors (Lipinski definition) is 2. The van der Waals surface area contributed by atoms with E-state index in [2.05, 4.69) is 24.9 Å². The number of amides is 1. The topological polar surface area (TPSA) is 65.6 Å². The number of nitrogens with one attached hydrogen (secondary N) is 1. The third-order valence-corrected chi connectivity index (χ3v) is 5.80. The number of rotatable bonds is 5. The number of carbonyl (C=O) groups is 1. The molecule has 152 valence electrons. The maximum Gasteiger partial charge on any atom is 0.264 e. The van der Waals surface area contributed by atoms with Crippen LogP contribution in [0, 0.1) is 0 Å². The number of H-pyrrole nitrogens is 1. The molecule has 2 heterocycles. The minimum atomic E-state index is -0.630. The van der Waals surface area contributed by atoms with Crippen molar-refractivity contribution in [2.75, 3.05) is 6.61 Å². The lowest BCUT2D eigenvalue weighted by atomic mass is 9.96. The van der Waals surface area contributed by atoms with E-state index in [0.717, 1.165) is 22.5 Å². The van der Waals surface area contributed by atoms with Gasteiger partial charge in [0.2, 0.25) is 0 Å². The fraction of sp³-hybridized carbons (Fsp3) is 0.375. The van der Waals surface area contributed by atoms with Crippen molar-refractivity contribution in [1.82, 2.24) is 9.88 Å². The van der Waals surface area contributed by atoms with Crippen molar-refractivity contribution in [2.45, 2.75) is 51.8 Å². The van der Waals surface area contributed by atoms with Crippen molar-refractivity contribution in [1.29, 1.82) is 0 Å². The number of fused-ring (bicyclic) bond motifs is 3. The summed E-state index contributed by atoms with van der Waals surface area (Å²) in [4.78, 5) is 18.4. The van der Waals surface area contributed by atoms with E-state index in [4.69, 9.17) is 4.74 Å². The summed E-state index contributed by atoms with van der Waals surface area (Å²) in [5.74, 6) is 0.946. The zero-order valence-corrected chi connectivity index (χ0v) is 17.2. The average Bonchev–Trinajstić information content (AvgIpc) is 3.10. The summed E-state index contributed by atoms with van der Waals surface area (Å²) in [5, 5.41) is 11.2. The van der Waals surface area contributed by atoms with Crippen LogP contribution in [0.2, 0.25) is 0 Å². The van der Waals surface area contributed by atoms with Gasteiger partial charge in [-0.05, 0) is 42.5 Å². The number of benzene rings is 2. The van der Waals surface area contributed by atoms with Gasteiger partial charge in [-0.2, -0.15) is 0 Å². The first-order valence-corrected chi connectivity index (χ1v) is 10.2. The van der Waals surface area contributed by atoms with Crippen LogP contribution in [0.15, 0.2) is 48.5 Å². The first kappa shape index (κ1) is 19.5. The van der Waals surface area contributed by atoms with Gasteiger partial charge in [0.15, 0.2) is 6.10 Å². The van der Waals surface area contributed by atoms with Gasteiger partial charge in [-0.15, -0.1) is 0 Å². The largest absolute Gasteiger partial charge is 0.481 e. The highest BCUT2D eigenvalue weighted by molar-refractivity contribution is 5.86. The monoisotopic (exact) mass is 392 g/mol. The van der Waals surface area contributed by atoms with Crippen molar-refractivity contribution >= 4 is 16.8 Å². The third kappa shape index (κ3) is 3.62. The number of ether oxygens (including phenoxy) is 1. The number of aliphatic hydroxyl groups excluding tert-OH is 1. The molecule has 0 fully saturated rings. The number of nitrogens with zero attached hydrogens (tertiary/aromatic N) is 1. The molecule has 1 amide bonds. The van der Waals surface area contributed by atoms with Crippen LogP contribution >= 0.6 is 0 Å². The van der Waals surface area contributed by atoms with Gasteiger partial charge in [0.05, 0.1) is 19.2 Å². The van der Waals surface area contributed by atoms with Crippen LogP contribution in [0.5, 0.6) is 5.75 Å². The van der Waals surface area contributed by atoms with Crippen molar-refractivity contribution in [3.63, 3.8) is 0 Å². The molecule has 0 spiro atoms. The summed E-state index contributed by atoms with van der Waals surface area (Å²) in [7, 11) is 0. The summed E-state index contributed by atoms with van der Waals surface area (Å²) >= 11 is 0. The smallest absolute Gasteiger partial charge is 0.264 e. The van der Waals surface area contributed by atoms with E-state index in [1.54, 1.807) is 11.8 Å². The molecule has 5 heteroatoms. The lowest BCUT2D eigenvalue weighted by Crippen LogP contribution is -2.50. The van der Waals surface area contributed by atoms with Crippen LogP contribution in [0.1, 0.15) is 43.5 Å².